The van der Waals surface area contributed by atoms with Crippen LogP contribution in [0.15, 0.2) is 30.3 Å². The number of hydrogen-bond acceptors (Lipinski definition) is 5. The Hall–Kier alpha value is -2.43. The highest BCUT2D eigenvalue weighted by atomic mass is 28.3. The van der Waals surface area contributed by atoms with Gasteiger partial charge >= 0.3 is 6.09 Å². The van der Waals surface area contributed by atoms with Crippen molar-refractivity contribution in [2.24, 2.45) is 11.8 Å². The molecule has 1 aromatic carbocycles. The number of cyclic esters (lactones) is 1. The Kier molecular flexibility index (Phi) is 8.60. The monoisotopic (exact) mass is 443 g/mol. The minimum absolute atomic E-state index is 0.105. The number of imide groups is 1. The zero-order valence-electron chi connectivity index (χ0n) is 19.1. The summed E-state index contributed by atoms with van der Waals surface area (Å²) in [5.41, 5.74) is 4.21. The Balaban J connectivity index is 2.00. The average molecular weight is 444 g/mol. The van der Waals surface area contributed by atoms with Gasteiger partial charge in [0, 0.05) is 12.3 Å². The number of Topliss-reactive ketones (excluding diaryl/α,β-unsaturated/α-hetero) is 1. The first-order chi connectivity index (χ1) is 14.5. The number of ketones is 1. The number of rotatable bonds is 8. The van der Waals surface area contributed by atoms with E-state index < -0.39 is 44.1 Å². The van der Waals surface area contributed by atoms with E-state index in [9.17, 15) is 19.5 Å². The molecule has 2 rings (SSSR count). The summed E-state index contributed by atoms with van der Waals surface area (Å²) < 4.78 is 5.10. The molecule has 2 amide bonds. The molecule has 168 valence electrons. The predicted molar refractivity (Wildman–Crippen MR) is 122 cm³/mol. The third-order valence-corrected chi connectivity index (χ3v) is 6.29. The normalized spacial score (nSPS) is 19.1. The van der Waals surface area contributed by atoms with Crippen LogP contribution in [0, 0.1) is 23.3 Å². The zero-order chi connectivity index (χ0) is 23.2. The number of carbonyl (C=O) groups excluding carboxylic acids is 3. The average Bonchev–Trinajstić information content (AvgIpc) is 3.08. The molecular weight excluding hydrogens is 410 g/mol. The zero-order valence-corrected chi connectivity index (χ0v) is 20.1. The largest absolute Gasteiger partial charge is 0.447 e. The SMILES string of the molecule is C[C@@H](C(=O)[C@H](C)[C@@H](O)CCC#C[Si](C)(C)C)C(=O)N1C(=O)OC[C@@H]1Cc1ccccc1. The summed E-state index contributed by atoms with van der Waals surface area (Å²) >= 11 is 0. The summed E-state index contributed by atoms with van der Waals surface area (Å²) in [5.74, 6) is 0.364. The summed E-state index contributed by atoms with van der Waals surface area (Å²) in [5, 5.41) is 10.4. The number of amides is 2. The molecule has 1 fully saturated rings. The van der Waals surface area contributed by atoms with Gasteiger partial charge in [0.25, 0.3) is 0 Å². The molecule has 1 saturated heterocycles. The van der Waals surface area contributed by atoms with E-state index in [2.05, 4.69) is 31.1 Å². The van der Waals surface area contributed by atoms with Gasteiger partial charge in [0.2, 0.25) is 5.91 Å². The van der Waals surface area contributed by atoms with Crippen LogP contribution in [0.25, 0.3) is 0 Å². The van der Waals surface area contributed by atoms with Crippen LogP contribution in [0.5, 0.6) is 0 Å². The van der Waals surface area contributed by atoms with Crippen LogP contribution < -0.4 is 0 Å². The van der Waals surface area contributed by atoms with Gasteiger partial charge in [-0.1, -0.05) is 56.9 Å². The van der Waals surface area contributed by atoms with Gasteiger partial charge in [-0.05, 0) is 25.3 Å². The molecule has 4 atom stereocenters. The highest BCUT2D eigenvalue weighted by Gasteiger charge is 2.42. The van der Waals surface area contributed by atoms with Crippen molar-refractivity contribution in [2.45, 2.75) is 64.9 Å². The Labute approximate surface area is 186 Å². The topological polar surface area (TPSA) is 83.9 Å². The summed E-state index contributed by atoms with van der Waals surface area (Å²) in [6.07, 6.45) is -0.270. The smallest absolute Gasteiger partial charge is 0.417 e. The fraction of sp³-hybridized carbons (Fsp3) is 0.542. The Bertz CT molecular complexity index is 852. The number of nitrogens with zero attached hydrogens (tertiary/aromatic N) is 1. The third-order valence-electron chi connectivity index (χ3n) is 5.36. The molecule has 7 heteroatoms. The van der Waals surface area contributed by atoms with Crippen molar-refractivity contribution in [1.29, 1.82) is 0 Å². The fourth-order valence-electron chi connectivity index (χ4n) is 3.48. The standard InChI is InChI=1S/C24H33NO5Si/c1-17(21(26)13-9-10-14-31(3,4)5)22(27)18(2)23(28)25-20(16-30-24(25)29)15-19-11-7-6-8-12-19/h6-8,11-12,17-18,20-21,26H,9,13,15-16H2,1-5H3/t17-,18+,20+,21+/m1/s1. The van der Waals surface area contributed by atoms with Gasteiger partial charge < -0.3 is 9.84 Å². The number of carbonyl (C=O) groups is 3. The fourth-order valence-corrected chi connectivity index (χ4v) is 4.13. The molecule has 31 heavy (non-hydrogen) atoms. The van der Waals surface area contributed by atoms with E-state index >= 15 is 0 Å². The second kappa shape index (κ2) is 10.7. The van der Waals surface area contributed by atoms with Crippen LogP contribution in [0.1, 0.15) is 32.3 Å². The number of aliphatic hydroxyl groups is 1. The molecule has 0 radical (unpaired) electrons. The minimum atomic E-state index is -1.47. The highest BCUT2D eigenvalue weighted by Crippen LogP contribution is 2.23. The van der Waals surface area contributed by atoms with E-state index in [4.69, 9.17) is 4.74 Å². The van der Waals surface area contributed by atoms with Crippen molar-refractivity contribution >= 4 is 25.9 Å². The quantitative estimate of drug-likeness (QED) is 0.378. The summed E-state index contributed by atoms with van der Waals surface area (Å²) in [6, 6.07) is 9.07. The van der Waals surface area contributed by atoms with E-state index in [1.807, 2.05) is 30.3 Å². The molecule has 1 aliphatic rings. The summed E-state index contributed by atoms with van der Waals surface area (Å²) in [4.78, 5) is 39.1. The first kappa shape index (κ1) is 24.8. The van der Waals surface area contributed by atoms with E-state index in [1.54, 1.807) is 6.92 Å². The molecular formula is C24H33NO5Si. The van der Waals surface area contributed by atoms with Crippen molar-refractivity contribution in [2.75, 3.05) is 6.61 Å². The van der Waals surface area contributed by atoms with Gasteiger partial charge in [-0.15, -0.1) is 11.5 Å². The van der Waals surface area contributed by atoms with Crippen molar-refractivity contribution in [1.82, 2.24) is 4.90 Å². The second-order valence-corrected chi connectivity index (χ2v) is 13.9. The molecule has 1 N–H and O–H groups in total. The maximum Gasteiger partial charge on any atom is 0.417 e. The van der Waals surface area contributed by atoms with E-state index in [0.29, 0.717) is 19.3 Å². The molecule has 0 spiro atoms. The lowest BCUT2D eigenvalue weighted by Gasteiger charge is -2.25. The molecule has 6 nitrogen and oxygen atoms in total. The number of aliphatic hydroxyl groups excluding tert-OH is 1. The van der Waals surface area contributed by atoms with Gasteiger partial charge in [-0.3, -0.25) is 9.59 Å². The van der Waals surface area contributed by atoms with E-state index in [-0.39, 0.29) is 12.4 Å². The lowest BCUT2D eigenvalue weighted by Crippen LogP contribution is -2.46. The molecule has 1 heterocycles. The van der Waals surface area contributed by atoms with Gasteiger partial charge in [-0.25, -0.2) is 9.69 Å². The Morgan fingerprint density at radius 2 is 1.87 bits per heavy atom. The predicted octanol–water partition coefficient (Wildman–Crippen LogP) is 3.44. The van der Waals surface area contributed by atoms with Crippen LogP contribution in [-0.4, -0.2) is 54.6 Å². The molecule has 0 bridgehead atoms. The van der Waals surface area contributed by atoms with Gasteiger partial charge in [0.1, 0.15) is 20.5 Å². The summed E-state index contributed by atoms with van der Waals surface area (Å²) in [7, 11) is -1.47. The molecule has 0 saturated carbocycles. The molecule has 1 aromatic rings. The lowest BCUT2D eigenvalue weighted by molar-refractivity contribution is -0.141. The minimum Gasteiger partial charge on any atom is -0.447 e. The van der Waals surface area contributed by atoms with Crippen LogP contribution in [0.3, 0.4) is 0 Å². The van der Waals surface area contributed by atoms with E-state index in [0.717, 1.165) is 10.5 Å². The highest BCUT2D eigenvalue weighted by molar-refractivity contribution is 6.83. The maximum absolute atomic E-state index is 13.0. The van der Waals surface area contributed by atoms with Gasteiger partial charge in [0.15, 0.2) is 0 Å². The van der Waals surface area contributed by atoms with Gasteiger partial charge in [0.05, 0.1) is 18.1 Å². The Morgan fingerprint density at radius 3 is 2.48 bits per heavy atom. The van der Waals surface area contributed by atoms with Gasteiger partial charge in [-0.2, -0.15) is 0 Å². The summed E-state index contributed by atoms with van der Waals surface area (Å²) in [6.45, 7) is 9.64. The Morgan fingerprint density at radius 1 is 1.23 bits per heavy atom. The molecule has 0 unspecified atom stereocenters. The number of ether oxygens (including phenoxy) is 1. The number of benzene rings is 1. The van der Waals surface area contributed by atoms with Crippen molar-refractivity contribution in [3.05, 3.63) is 35.9 Å². The third kappa shape index (κ3) is 7.05. The number of hydrogen-bond donors (Lipinski definition) is 1. The first-order valence-electron chi connectivity index (χ1n) is 10.8. The van der Waals surface area contributed by atoms with Crippen LogP contribution in [0.2, 0.25) is 19.6 Å². The van der Waals surface area contributed by atoms with Crippen molar-refractivity contribution < 1.29 is 24.2 Å². The molecule has 1 aliphatic heterocycles. The lowest BCUT2D eigenvalue weighted by atomic mass is 9.88. The first-order valence-corrected chi connectivity index (χ1v) is 14.3. The molecule has 0 aliphatic carbocycles. The van der Waals surface area contributed by atoms with Crippen molar-refractivity contribution in [3.63, 3.8) is 0 Å². The molecule has 0 aromatic heterocycles. The van der Waals surface area contributed by atoms with E-state index in [1.165, 1.54) is 6.92 Å². The van der Waals surface area contributed by atoms with Crippen LogP contribution >= 0.6 is 0 Å². The van der Waals surface area contributed by atoms with Crippen molar-refractivity contribution in [3.8, 4) is 11.5 Å². The maximum atomic E-state index is 13.0. The van der Waals surface area contributed by atoms with Crippen LogP contribution in [-0.2, 0) is 20.7 Å². The van der Waals surface area contributed by atoms with Crippen LogP contribution in [0.4, 0.5) is 4.79 Å². The second-order valence-electron chi connectivity index (χ2n) is 9.20.